The highest BCUT2D eigenvalue weighted by Crippen LogP contribution is 2.36. The summed E-state index contributed by atoms with van der Waals surface area (Å²) in [6.07, 6.45) is 5.38. The van der Waals surface area contributed by atoms with Crippen molar-refractivity contribution < 1.29 is 31.8 Å². The van der Waals surface area contributed by atoms with Crippen LogP contribution in [0.2, 0.25) is 0 Å². The molecule has 0 aliphatic carbocycles. The molecule has 0 radical (unpaired) electrons. The Morgan fingerprint density at radius 2 is 0.821 bits per heavy atom. The summed E-state index contributed by atoms with van der Waals surface area (Å²) in [6, 6.07) is 39.5. The molecule has 4 aromatic carbocycles. The molecule has 13 unspecified atom stereocenters. The van der Waals surface area contributed by atoms with Crippen molar-refractivity contribution in [3.8, 4) is 11.5 Å². The third kappa shape index (κ3) is 35.2. The zero-order valence-electron chi connectivity index (χ0n) is 76.3. The zero-order valence-corrected chi connectivity index (χ0v) is 76.3. The number of para-hydroxylation sites is 1. The van der Waals surface area contributed by atoms with Crippen molar-refractivity contribution in [3.63, 3.8) is 0 Å². The van der Waals surface area contributed by atoms with Gasteiger partial charge in [-0.1, -0.05) is 84.4 Å². The third-order valence-corrected chi connectivity index (χ3v) is 24.9. The summed E-state index contributed by atoms with van der Waals surface area (Å²) in [6.45, 7) is 53.0. The van der Waals surface area contributed by atoms with E-state index in [1.165, 1.54) is 33.4 Å². The second-order valence-electron chi connectivity index (χ2n) is 37.8. The molecule has 0 spiro atoms. The Hall–Kier alpha value is -4.77. The Labute approximate surface area is 707 Å². The van der Waals surface area contributed by atoms with Gasteiger partial charge in [-0.3, -0.25) is 44.0 Å². The number of piperidine rings is 8. The number of rotatable bonds is 16. The monoisotopic (exact) mass is 1640 g/mol. The smallest absolute Gasteiger partial charge is 0.257 e. The molecule has 0 saturated carbocycles. The number of alkyl halides is 4. The molecule has 0 bridgehead atoms. The molecule has 668 valence electrons. The first kappa shape index (κ1) is 103. The quantitative estimate of drug-likeness (QED) is 0.0484. The van der Waals surface area contributed by atoms with Gasteiger partial charge in [0.25, 0.3) is 6.43 Å². The van der Waals surface area contributed by atoms with Gasteiger partial charge in [-0.05, 0) is 259 Å². The van der Waals surface area contributed by atoms with Crippen molar-refractivity contribution in [3.05, 3.63) is 130 Å². The van der Waals surface area contributed by atoms with Gasteiger partial charge in [0, 0.05) is 182 Å². The van der Waals surface area contributed by atoms with E-state index >= 15 is 0 Å². The van der Waals surface area contributed by atoms with Crippen LogP contribution in [0.25, 0.3) is 0 Å². The second-order valence-corrected chi connectivity index (χ2v) is 37.8. The maximum absolute atomic E-state index is 12.9. The van der Waals surface area contributed by atoms with E-state index in [0.29, 0.717) is 130 Å². The minimum absolute atomic E-state index is 0.0288. The standard InChI is InChI=1S/2C15H24N2O.2C15H24N2.C9H18F2N2.C9H19FN2.C8H17FN2.C8H16N2O/c1-11(2)17-9-13(7-14(16)10-17)12-5-4-6-15(8-12)18-3;1-11(2)17-9-12(8-13(16)10-17)14-6-4-5-7-15(14)18-3;1-11(2)17-9-14(8-15(16)10-17)13-6-4-5-12(3)7-13;1-11(2)17-9-13(8-14(16)10-17)15-7-5-4-6-12(15)3;1-7(2)13-5-3-4-9(12,6-13)8(10)11;1-8(2)12-5-3-4-9(11,6-10)7-12;1-6(2)11-4-7(9)3-8(10)5-11;1-6(2)10-4-7(9)3-8(11)5-10/h4-6,8,11,13-14H,7,9-10,16H2,1-3H3;4-7,11-13H,8-10,16H2,1-3H3;4-7,11,14-15H,8-10,16H2,1-3H3;4-7,11,13-14H,8-10,16H2,1-3H3;7-8H,3-6,12H2,1-2H3;8H,3-7,11H2,1-2H3;6-8H,3-5,10H2,1-2H3;6-7H,3-5,9H2,1-2H3. The Bertz CT molecular complexity index is 3400. The molecule has 8 heterocycles. The average molecular weight is 1640 g/mol. The van der Waals surface area contributed by atoms with Gasteiger partial charge in [0.2, 0.25) is 0 Å². The third-order valence-electron chi connectivity index (χ3n) is 24.9. The lowest BCUT2D eigenvalue weighted by molar-refractivity contribution is -0.123. The molecule has 19 nitrogen and oxygen atoms in total. The fraction of sp³-hybridized carbons (Fsp3) is 0.734. The van der Waals surface area contributed by atoms with E-state index in [2.05, 4.69) is 224 Å². The van der Waals surface area contributed by atoms with Crippen molar-refractivity contribution >= 4 is 5.78 Å². The number of likely N-dealkylation sites (tertiary alicyclic amines) is 8. The van der Waals surface area contributed by atoms with E-state index in [0.717, 1.165) is 135 Å². The van der Waals surface area contributed by atoms with Crippen LogP contribution in [0.15, 0.2) is 97.1 Å². The molecular formula is C94H166F4N16O3. The van der Waals surface area contributed by atoms with Gasteiger partial charge in [0.15, 0.2) is 0 Å². The summed E-state index contributed by atoms with van der Waals surface area (Å²) in [5.74, 6) is 4.39. The number of carbonyl (C=O) groups excluding carboxylic acids is 1. The normalized spacial score (nSPS) is 28.2. The first-order chi connectivity index (χ1) is 55.1. The number of hydrogen-bond acceptors (Lipinski definition) is 19. The second kappa shape index (κ2) is 50.7. The number of benzene rings is 4. The lowest BCUT2D eigenvalue weighted by Gasteiger charge is -2.41. The molecule has 23 heteroatoms. The SMILES string of the molecule is CC(C)N1CC(=O)CC(N)C1.CC(C)N1CC(N)CC(F)C1.CC(C)N1CCCC(N)(C(F)F)C1.CC(C)N1CCCC(N)(CF)C1.COc1cccc(C2CC(N)CN(C(C)C)C2)c1.COc1ccccc1C1CC(N)CN(C(C)C)C1.Cc1cccc(C2CC(N)CN(C(C)C)C2)c1.Cc1ccccc1C1CC(N)CN(C(C)C)C1. The average Bonchev–Trinajstić information content (AvgIpc) is 0.833. The number of methoxy groups -OCH3 is 2. The van der Waals surface area contributed by atoms with Gasteiger partial charge < -0.3 is 55.3 Å². The van der Waals surface area contributed by atoms with Gasteiger partial charge in [0.1, 0.15) is 30.1 Å². The van der Waals surface area contributed by atoms with Crippen molar-refractivity contribution in [2.24, 2.45) is 45.9 Å². The summed E-state index contributed by atoms with van der Waals surface area (Å²) in [4.78, 5) is 29.5. The first-order valence-electron chi connectivity index (χ1n) is 44.5. The number of nitrogens with zero attached hydrogens (tertiary/aromatic N) is 8. The maximum atomic E-state index is 12.9. The maximum Gasteiger partial charge on any atom is 0.257 e. The highest BCUT2D eigenvalue weighted by atomic mass is 19.3. The van der Waals surface area contributed by atoms with Crippen LogP contribution in [0.4, 0.5) is 17.6 Å². The van der Waals surface area contributed by atoms with Gasteiger partial charge in [-0.25, -0.2) is 17.6 Å². The van der Waals surface area contributed by atoms with E-state index in [9.17, 15) is 22.4 Å². The van der Waals surface area contributed by atoms with E-state index in [-0.39, 0.29) is 30.0 Å². The van der Waals surface area contributed by atoms with E-state index < -0.39 is 30.3 Å². The van der Waals surface area contributed by atoms with Crippen LogP contribution in [-0.4, -0.2) is 279 Å². The minimum Gasteiger partial charge on any atom is -0.497 e. The summed E-state index contributed by atoms with van der Waals surface area (Å²) in [5.41, 5.74) is 54.1. The van der Waals surface area contributed by atoms with Crippen LogP contribution in [-0.2, 0) is 4.79 Å². The highest BCUT2D eigenvalue weighted by molar-refractivity contribution is 5.81. The Kier molecular flexibility index (Phi) is 44.6. The van der Waals surface area contributed by atoms with E-state index in [1.54, 1.807) is 14.2 Å². The summed E-state index contributed by atoms with van der Waals surface area (Å²) in [7, 11) is 3.45. The number of ketones is 1. The topological polar surface area (TPSA) is 270 Å². The van der Waals surface area contributed by atoms with Crippen LogP contribution < -0.4 is 55.3 Å². The minimum atomic E-state index is -2.41. The number of carbonyl (C=O) groups is 1. The van der Waals surface area contributed by atoms with Crippen molar-refractivity contribution in [1.82, 2.24) is 39.2 Å². The van der Waals surface area contributed by atoms with E-state index in [4.69, 9.17) is 55.3 Å². The Morgan fingerprint density at radius 3 is 1.25 bits per heavy atom. The summed E-state index contributed by atoms with van der Waals surface area (Å²) < 4.78 is 61.4. The number of Topliss-reactive ketones (excluding diaryl/α,β-unsaturated/α-hetero) is 1. The fourth-order valence-corrected chi connectivity index (χ4v) is 17.6. The first-order valence-corrected chi connectivity index (χ1v) is 44.5. The van der Waals surface area contributed by atoms with Gasteiger partial charge in [-0.2, -0.15) is 0 Å². The molecule has 0 aromatic heterocycles. The molecule has 12 rings (SSSR count). The van der Waals surface area contributed by atoms with Crippen LogP contribution in [0, 0.1) is 13.8 Å². The summed E-state index contributed by atoms with van der Waals surface area (Å²) >= 11 is 0. The molecular weight excluding hydrogens is 1480 g/mol. The zero-order chi connectivity index (χ0) is 87.2. The predicted octanol–water partition coefficient (Wildman–Crippen LogP) is 12.9. The predicted molar refractivity (Wildman–Crippen MR) is 483 cm³/mol. The summed E-state index contributed by atoms with van der Waals surface area (Å²) in [5, 5.41) is 0. The molecule has 16 N–H and O–H groups in total. The van der Waals surface area contributed by atoms with Crippen molar-refractivity contribution in [2.75, 3.05) is 126 Å². The molecule has 8 fully saturated rings. The lowest BCUT2D eigenvalue weighted by Crippen LogP contribution is -2.59. The molecule has 8 aliphatic rings. The molecule has 117 heavy (non-hydrogen) atoms. The number of nitrogens with two attached hydrogens (primary N) is 8. The van der Waals surface area contributed by atoms with Crippen LogP contribution in [0.3, 0.4) is 0 Å². The largest absolute Gasteiger partial charge is 0.497 e. The molecule has 13 atom stereocenters. The van der Waals surface area contributed by atoms with Crippen LogP contribution >= 0.6 is 0 Å². The number of hydrogen-bond donors (Lipinski definition) is 8. The van der Waals surface area contributed by atoms with E-state index in [1.807, 2.05) is 36.9 Å². The Morgan fingerprint density at radius 1 is 0.427 bits per heavy atom. The van der Waals surface area contributed by atoms with Crippen LogP contribution in [0.5, 0.6) is 11.5 Å². The van der Waals surface area contributed by atoms with Gasteiger partial charge >= 0.3 is 0 Å². The van der Waals surface area contributed by atoms with Gasteiger partial charge in [-0.15, -0.1) is 0 Å². The molecule has 0 amide bonds. The Balaban J connectivity index is 0.000000240. The highest BCUT2D eigenvalue weighted by Gasteiger charge is 2.41. The van der Waals surface area contributed by atoms with Crippen molar-refractivity contribution in [2.45, 2.75) is 321 Å². The number of halogens is 4. The van der Waals surface area contributed by atoms with Crippen molar-refractivity contribution in [1.29, 1.82) is 0 Å². The van der Waals surface area contributed by atoms with Crippen LogP contribution in [0.1, 0.15) is 232 Å². The van der Waals surface area contributed by atoms with Gasteiger partial charge in [0.05, 0.1) is 31.8 Å². The molecule has 8 saturated heterocycles. The fourth-order valence-electron chi connectivity index (χ4n) is 17.6. The number of ether oxygens (including phenoxy) is 2. The molecule has 4 aromatic rings. The number of aryl methyl sites for hydroxylation is 2. The lowest BCUT2D eigenvalue weighted by atomic mass is 9.85. The molecule has 8 aliphatic heterocycles.